The van der Waals surface area contributed by atoms with Gasteiger partial charge in [0.1, 0.15) is 5.01 Å². The molecule has 0 aromatic carbocycles. The van der Waals surface area contributed by atoms with Crippen molar-refractivity contribution in [2.45, 2.75) is 26.3 Å². The molecule has 2 aromatic heterocycles. The van der Waals surface area contributed by atoms with Gasteiger partial charge in [-0.3, -0.25) is 4.68 Å². The fraction of sp³-hybridized carbons (Fsp3) is 0.500. The molecule has 6 heteroatoms. The Bertz CT molecular complexity index is 520. The number of hydrogen-bond donors (Lipinski definition) is 2. The van der Waals surface area contributed by atoms with Crippen molar-refractivity contribution in [3.05, 3.63) is 33.5 Å². The summed E-state index contributed by atoms with van der Waals surface area (Å²) in [6, 6.07) is 2.02. The average Bonchev–Trinajstić information content (AvgIpc) is 2.89. The molecule has 0 spiro atoms. The topological polar surface area (TPSA) is 77.0 Å². The molecule has 0 fully saturated rings. The Hall–Kier alpha value is -1.24. The van der Waals surface area contributed by atoms with Crippen molar-refractivity contribution >= 4 is 11.3 Å². The van der Waals surface area contributed by atoms with Gasteiger partial charge in [-0.1, -0.05) is 0 Å². The first-order valence-electron chi connectivity index (χ1n) is 5.93. The molecule has 0 saturated carbocycles. The predicted molar refractivity (Wildman–Crippen MR) is 71.8 cm³/mol. The van der Waals surface area contributed by atoms with Gasteiger partial charge in [0, 0.05) is 23.3 Å². The van der Waals surface area contributed by atoms with E-state index in [9.17, 15) is 0 Å². The van der Waals surface area contributed by atoms with Crippen LogP contribution in [0.1, 0.15) is 28.0 Å². The molecule has 0 aliphatic heterocycles. The van der Waals surface area contributed by atoms with Gasteiger partial charge in [-0.2, -0.15) is 5.10 Å². The molecule has 2 rings (SSSR count). The van der Waals surface area contributed by atoms with Gasteiger partial charge in [-0.05, 0) is 19.9 Å². The Morgan fingerprint density at radius 1 is 1.44 bits per heavy atom. The zero-order chi connectivity index (χ0) is 13.1. The van der Waals surface area contributed by atoms with Crippen LogP contribution in [0.3, 0.4) is 0 Å². The molecule has 2 aromatic rings. The molecule has 0 aliphatic rings. The summed E-state index contributed by atoms with van der Waals surface area (Å²) in [6.45, 7) is 4.97. The van der Waals surface area contributed by atoms with E-state index in [4.69, 9.17) is 10.8 Å². The van der Waals surface area contributed by atoms with Crippen LogP contribution < -0.4 is 5.73 Å². The van der Waals surface area contributed by atoms with Crippen LogP contribution in [0.4, 0.5) is 0 Å². The number of thiazole rings is 1. The Kier molecular flexibility index (Phi) is 4.11. The van der Waals surface area contributed by atoms with E-state index in [0.717, 1.165) is 22.1 Å². The lowest BCUT2D eigenvalue weighted by Gasteiger charge is -2.14. The molecule has 2 heterocycles. The minimum atomic E-state index is 0.0523. The minimum absolute atomic E-state index is 0.0523. The van der Waals surface area contributed by atoms with Crippen molar-refractivity contribution in [3.8, 4) is 0 Å². The molecule has 5 nitrogen and oxygen atoms in total. The number of hydrogen-bond acceptors (Lipinski definition) is 5. The summed E-state index contributed by atoms with van der Waals surface area (Å²) in [5.74, 6) is 0.0523. The number of aryl methyl sites for hydroxylation is 2. The van der Waals surface area contributed by atoms with Crippen LogP contribution in [-0.4, -0.2) is 33.0 Å². The maximum absolute atomic E-state index is 9.08. The van der Waals surface area contributed by atoms with E-state index in [0.29, 0.717) is 13.1 Å². The Labute approximate surface area is 110 Å². The molecule has 0 amide bonds. The first-order chi connectivity index (χ1) is 8.65. The first-order valence-corrected chi connectivity index (χ1v) is 6.81. The van der Waals surface area contributed by atoms with Crippen molar-refractivity contribution in [1.29, 1.82) is 0 Å². The smallest absolute Gasteiger partial charge is 0.103 e. The quantitative estimate of drug-likeness (QED) is 0.847. The van der Waals surface area contributed by atoms with Gasteiger partial charge in [0.2, 0.25) is 0 Å². The monoisotopic (exact) mass is 266 g/mol. The number of aromatic nitrogens is 3. The second kappa shape index (κ2) is 5.60. The van der Waals surface area contributed by atoms with Crippen LogP contribution in [0.5, 0.6) is 0 Å². The number of nitrogens with zero attached hydrogens (tertiary/aromatic N) is 3. The summed E-state index contributed by atoms with van der Waals surface area (Å²) >= 11 is 1.62. The first kappa shape index (κ1) is 13.2. The van der Waals surface area contributed by atoms with Crippen LogP contribution in [0.2, 0.25) is 0 Å². The van der Waals surface area contributed by atoms with Crippen LogP contribution in [-0.2, 0) is 6.54 Å². The van der Waals surface area contributed by atoms with E-state index < -0.39 is 0 Å². The lowest BCUT2D eigenvalue weighted by atomic mass is 10.1. The van der Waals surface area contributed by atoms with E-state index in [1.54, 1.807) is 11.3 Å². The summed E-state index contributed by atoms with van der Waals surface area (Å²) in [7, 11) is 0. The van der Waals surface area contributed by atoms with Gasteiger partial charge in [-0.15, -0.1) is 11.3 Å². The molecule has 3 N–H and O–H groups in total. The van der Waals surface area contributed by atoms with E-state index in [1.165, 1.54) is 0 Å². The molecule has 18 heavy (non-hydrogen) atoms. The molecule has 98 valence electrons. The van der Waals surface area contributed by atoms with E-state index >= 15 is 0 Å². The number of nitrogens with two attached hydrogens (primary N) is 1. The number of aliphatic hydroxyl groups is 1. The summed E-state index contributed by atoms with van der Waals surface area (Å²) in [4.78, 5) is 4.50. The minimum Gasteiger partial charge on any atom is -0.394 e. The predicted octanol–water partition coefficient (Wildman–Crippen LogP) is 1.04. The average molecular weight is 266 g/mol. The Morgan fingerprint density at radius 2 is 2.22 bits per heavy atom. The molecule has 1 atom stereocenters. The van der Waals surface area contributed by atoms with Crippen molar-refractivity contribution in [3.63, 3.8) is 0 Å². The third kappa shape index (κ3) is 2.60. The standard InChI is InChI=1S/C12H18N4OS/c1-8-5-11(16(15-8)3-4-17)10(6-13)12-14-9(2)7-18-12/h5,7,10,17H,3-4,6,13H2,1-2H3. The lowest BCUT2D eigenvalue weighted by molar-refractivity contribution is 0.266. The highest BCUT2D eigenvalue weighted by Gasteiger charge is 2.20. The Morgan fingerprint density at radius 3 is 2.78 bits per heavy atom. The van der Waals surface area contributed by atoms with Gasteiger partial charge in [0.15, 0.2) is 0 Å². The molecular formula is C12H18N4OS. The van der Waals surface area contributed by atoms with Gasteiger partial charge in [-0.25, -0.2) is 4.98 Å². The molecule has 0 saturated heterocycles. The lowest BCUT2D eigenvalue weighted by Crippen LogP contribution is -2.19. The maximum Gasteiger partial charge on any atom is 0.103 e. The van der Waals surface area contributed by atoms with Gasteiger partial charge >= 0.3 is 0 Å². The summed E-state index contributed by atoms with van der Waals surface area (Å²) in [6.07, 6.45) is 0. The molecule has 0 radical (unpaired) electrons. The van der Waals surface area contributed by atoms with Gasteiger partial charge in [0.05, 0.1) is 24.8 Å². The van der Waals surface area contributed by atoms with Crippen LogP contribution in [0, 0.1) is 13.8 Å². The molecular weight excluding hydrogens is 248 g/mol. The largest absolute Gasteiger partial charge is 0.394 e. The number of rotatable bonds is 5. The van der Waals surface area contributed by atoms with E-state index in [2.05, 4.69) is 10.1 Å². The summed E-state index contributed by atoms with van der Waals surface area (Å²) < 4.78 is 1.82. The fourth-order valence-electron chi connectivity index (χ4n) is 2.00. The van der Waals surface area contributed by atoms with Crippen LogP contribution in [0.15, 0.2) is 11.4 Å². The Balaban J connectivity index is 2.38. The SMILES string of the molecule is Cc1csc(C(CN)c2cc(C)nn2CCO)n1. The van der Waals surface area contributed by atoms with Crippen molar-refractivity contribution in [2.75, 3.05) is 13.2 Å². The van der Waals surface area contributed by atoms with Crippen molar-refractivity contribution in [2.24, 2.45) is 5.73 Å². The summed E-state index contributed by atoms with van der Waals surface area (Å²) in [5, 5.41) is 16.5. The van der Waals surface area contributed by atoms with Gasteiger partial charge in [0.25, 0.3) is 0 Å². The van der Waals surface area contributed by atoms with E-state index in [-0.39, 0.29) is 12.5 Å². The summed E-state index contributed by atoms with van der Waals surface area (Å²) in [5.41, 5.74) is 8.86. The van der Waals surface area contributed by atoms with Crippen LogP contribution in [0.25, 0.3) is 0 Å². The molecule has 0 bridgehead atoms. The zero-order valence-electron chi connectivity index (χ0n) is 10.6. The third-order valence-corrected chi connectivity index (χ3v) is 3.85. The second-order valence-corrected chi connectivity index (χ2v) is 5.16. The maximum atomic E-state index is 9.08. The second-order valence-electron chi connectivity index (χ2n) is 4.27. The van der Waals surface area contributed by atoms with Crippen LogP contribution >= 0.6 is 11.3 Å². The highest BCUT2D eigenvalue weighted by atomic mass is 32.1. The normalized spacial score (nSPS) is 12.9. The van der Waals surface area contributed by atoms with Crippen molar-refractivity contribution < 1.29 is 5.11 Å². The zero-order valence-corrected chi connectivity index (χ0v) is 11.4. The van der Waals surface area contributed by atoms with Gasteiger partial charge < -0.3 is 10.8 Å². The highest BCUT2D eigenvalue weighted by Crippen LogP contribution is 2.27. The van der Waals surface area contributed by atoms with E-state index in [1.807, 2.05) is 30.0 Å². The third-order valence-electron chi connectivity index (χ3n) is 2.77. The number of aliphatic hydroxyl groups excluding tert-OH is 1. The van der Waals surface area contributed by atoms with Crippen molar-refractivity contribution in [1.82, 2.24) is 14.8 Å². The highest BCUT2D eigenvalue weighted by molar-refractivity contribution is 7.09. The molecule has 1 unspecified atom stereocenters. The fourth-order valence-corrected chi connectivity index (χ4v) is 2.92. The molecule has 0 aliphatic carbocycles.